The van der Waals surface area contributed by atoms with Gasteiger partial charge in [0.2, 0.25) is 0 Å². The van der Waals surface area contributed by atoms with E-state index >= 15 is 0 Å². The zero-order chi connectivity index (χ0) is 23.9. The molecule has 162 valence electrons. The number of halogens is 1. The summed E-state index contributed by atoms with van der Waals surface area (Å²) >= 11 is 0. The Kier molecular flexibility index (Phi) is 4.77. The highest BCUT2D eigenvalue weighted by atomic mass is 19.1. The summed E-state index contributed by atoms with van der Waals surface area (Å²) in [5, 5.41) is 25.4. The molecule has 6 rings (SSSR count). The van der Waals surface area contributed by atoms with Crippen molar-refractivity contribution in [3.8, 4) is 34.4 Å². The minimum atomic E-state index is -0.631. The van der Waals surface area contributed by atoms with E-state index in [1.54, 1.807) is 0 Å². The summed E-state index contributed by atoms with van der Waals surface area (Å²) < 4.78 is 14.8. The van der Waals surface area contributed by atoms with Crippen molar-refractivity contribution in [1.82, 2.24) is 0 Å². The molecule has 0 atom stereocenters. The van der Waals surface area contributed by atoms with E-state index in [9.17, 15) is 14.9 Å². The fourth-order valence-electron chi connectivity index (χ4n) is 5.03. The second-order valence-electron chi connectivity index (χ2n) is 8.50. The number of fused-ring (bicyclic) bond motifs is 3. The normalized spacial score (nSPS) is 10.9. The molecule has 0 aliphatic heterocycles. The lowest BCUT2D eigenvalue weighted by molar-refractivity contribution is 0.624. The summed E-state index contributed by atoms with van der Waals surface area (Å²) in [5.74, 6) is -0.631. The predicted octanol–water partition coefficient (Wildman–Crippen LogP) is 8.36. The van der Waals surface area contributed by atoms with Crippen molar-refractivity contribution in [3.05, 3.63) is 120 Å². The molecule has 0 heterocycles. The van der Waals surface area contributed by atoms with Gasteiger partial charge in [0.15, 0.2) is 0 Å². The van der Waals surface area contributed by atoms with Gasteiger partial charge in [-0.2, -0.15) is 10.5 Å². The predicted molar refractivity (Wildman–Crippen MR) is 139 cm³/mol. The molecule has 0 unspecified atom stereocenters. The Labute approximate surface area is 201 Å². The van der Waals surface area contributed by atoms with Crippen LogP contribution in [-0.4, -0.2) is 0 Å². The van der Waals surface area contributed by atoms with Gasteiger partial charge in [-0.05, 0) is 67.2 Å². The number of nitrogens with zero attached hydrogens (tertiary/aromatic N) is 2. The van der Waals surface area contributed by atoms with Crippen molar-refractivity contribution in [2.24, 2.45) is 0 Å². The fraction of sp³-hybridized carbons (Fsp3) is 0. The van der Waals surface area contributed by atoms with E-state index in [4.69, 9.17) is 0 Å². The van der Waals surface area contributed by atoms with Crippen LogP contribution in [0.2, 0.25) is 0 Å². The zero-order valence-electron chi connectivity index (χ0n) is 18.6. The third-order valence-corrected chi connectivity index (χ3v) is 6.59. The lowest BCUT2D eigenvalue weighted by Gasteiger charge is -2.18. The van der Waals surface area contributed by atoms with E-state index in [0.717, 1.165) is 43.6 Å². The molecule has 35 heavy (non-hydrogen) atoms. The molecule has 6 aromatic rings. The number of rotatable bonds is 2. The lowest BCUT2D eigenvalue weighted by atomic mass is 9.84. The van der Waals surface area contributed by atoms with Crippen molar-refractivity contribution in [2.75, 3.05) is 0 Å². The summed E-state index contributed by atoms with van der Waals surface area (Å²) in [5.41, 5.74) is 3.61. The van der Waals surface area contributed by atoms with Crippen LogP contribution in [0.3, 0.4) is 0 Å². The largest absolute Gasteiger partial charge is 0.206 e. The van der Waals surface area contributed by atoms with Gasteiger partial charge in [-0.1, -0.05) is 84.9 Å². The highest BCUT2D eigenvalue weighted by Crippen LogP contribution is 2.45. The molecule has 0 fully saturated rings. The molecular formula is C32H17FN2. The van der Waals surface area contributed by atoms with Gasteiger partial charge < -0.3 is 0 Å². The third kappa shape index (κ3) is 3.22. The SMILES string of the molecule is N#Cc1cc(C#N)c(-c2c3ccccc3c(-c3ccc4ccccc4c3)c3ccccc23)cc1F. The fourth-order valence-corrected chi connectivity index (χ4v) is 5.03. The molecule has 0 amide bonds. The summed E-state index contributed by atoms with van der Waals surface area (Å²) in [6.45, 7) is 0. The van der Waals surface area contributed by atoms with Gasteiger partial charge in [-0.3, -0.25) is 0 Å². The maximum atomic E-state index is 14.8. The lowest BCUT2D eigenvalue weighted by Crippen LogP contribution is -1.95. The second-order valence-corrected chi connectivity index (χ2v) is 8.50. The average molecular weight is 449 g/mol. The molecule has 0 N–H and O–H groups in total. The highest BCUT2D eigenvalue weighted by Gasteiger charge is 2.20. The number of hydrogen-bond acceptors (Lipinski definition) is 2. The Morgan fingerprint density at radius 2 is 1.06 bits per heavy atom. The minimum Gasteiger partial charge on any atom is -0.206 e. The van der Waals surface area contributed by atoms with Crippen LogP contribution in [0, 0.1) is 28.5 Å². The van der Waals surface area contributed by atoms with Crippen LogP contribution >= 0.6 is 0 Å². The maximum Gasteiger partial charge on any atom is 0.141 e. The van der Waals surface area contributed by atoms with E-state index in [0.29, 0.717) is 5.56 Å². The monoisotopic (exact) mass is 448 g/mol. The van der Waals surface area contributed by atoms with Gasteiger partial charge in [0.25, 0.3) is 0 Å². The quantitative estimate of drug-likeness (QED) is 0.250. The van der Waals surface area contributed by atoms with Crippen LogP contribution in [-0.2, 0) is 0 Å². The molecule has 0 saturated carbocycles. The smallest absolute Gasteiger partial charge is 0.141 e. The molecule has 0 aromatic heterocycles. The van der Waals surface area contributed by atoms with Crippen LogP contribution in [0.4, 0.5) is 4.39 Å². The summed E-state index contributed by atoms with van der Waals surface area (Å²) in [6.07, 6.45) is 0. The highest BCUT2D eigenvalue weighted by molar-refractivity contribution is 6.22. The van der Waals surface area contributed by atoms with Crippen LogP contribution < -0.4 is 0 Å². The first-order chi connectivity index (χ1) is 17.2. The molecule has 6 aromatic carbocycles. The zero-order valence-corrected chi connectivity index (χ0v) is 18.6. The van der Waals surface area contributed by atoms with Crippen LogP contribution in [0.25, 0.3) is 54.6 Å². The first kappa shape index (κ1) is 20.6. The second kappa shape index (κ2) is 8.10. The first-order valence-corrected chi connectivity index (χ1v) is 11.3. The first-order valence-electron chi connectivity index (χ1n) is 11.3. The molecule has 3 heteroatoms. The van der Waals surface area contributed by atoms with E-state index in [1.165, 1.54) is 17.5 Å². The Morgan fingerprint density at radius 3 is 1.66 bits per heavy atom. The minimum absolute atomic E-state index is 0.133. The van der Waals surface area contributed by atoms with E-state index in [2.05, 4.69) is 48.5 Å². The van der Waals surface area contributed by atoms with Gasteiger partial charge in [-0.15, -0.1) is 0 Å². The van der Waals surface area contributed by atoms with Crippen molar-refractivity contribution in [3.63, 3.8) is 0 Å². The molecule has 0 aliphatic rings. The van der Waals surface area contributed by atoms with Gasteiger partial charge >= 0.3 is 0 Å². The Bertz CT molecular complexity index is 1830. The molecular weight excluding hydrogens is 431 g/mol. The summed E-state index contributed by atoms with van der Waals surface area (Å²) in [7, 11) is 0. The standard InChI is InChI=1S/C32H17FN2/c33-30-17-29(23(18-34)16-24(30)19-35)32-27-11-5-3-9-25(27)31(26-10-4-6-12-28(26)32)22-14-13-20-7-1-2-8-21(20)15-22/h1-17H. The third-order valence-electron chi connectivity index (χ3n) is 6.59. The van der Waals surface area contributed by atoms with Crippen LogP contribution in [0.5, 0.6) is 0 Å². The number of nitriles is 2. The summed E-state index contributed by atoms with van der Waals surface area (Å²) in [4.78, 5) is 0. The van der Waals surface area contributed by atoms with Gasteiger partial charge in [-0.25, -0.2) is 4.39 Å². The van der Waals surface area contributed by atoms with E-state index < -0.39 is 5.82 Å². The Morgan fingerprint density at radius 1 is 0.514 bits per heavy atom. The van der Waals surface area contributed by atoms with Crippen molar-refractivity contribution in [2.45, 2.75) is 0 Å². The van der Waals surface area contributed by atoms with Gasteiger partial charge in [0, 0.05) is 5.56 Å². The van der Waals surface area contributed by atoms with E-state index in [1.807, 2.05) is 54.6 Å². The molecule has 0 radical (unpaired) electrons. The van der Waals surface area contributed by atoms with E-state index in [-0.39, 0.29) is 11.1 Å². The van der Waals surface area contributed by atoms with Crippen LogP contribution in [0.15, 0.2) is 103 Å². The van der Waals surface area contributed by atoms with Gasteiger partial charge in [0.1, 0.15) is 11.9 Å². The number of benzene rings is 6. The topological polar surface area (TPSA) is 47.6 Å². The van der Waals surface area contributed by atoms with Crippen molar-refractivity contribution < 1.29 is 4.39 Å². The molecule has 0 aliphatic carbocycles. The molecule has 2 nitrogen and oxygen atoms in total. The average Bonchev–Trinajstić information content (AvgIpc) is 2.91. The number of hydrogen-bond donors (Lipinski definition) is 0. The van der Waals surface area contributed by atoms with Crippen molar-refractivity contribution in [1.29, 1.82) is 10.5 Å². The molecule has 0 saturated heterocycles. The Balaban J connectivity index is 1.78. The maximum absolute atomic E-state index is 14.8. The molecule has 0 bridgehead atoms. The molecule has 0 spiro atoms. The van der Waals surface area contributed by atoms with Crippen LogP contribution in [0.1, 0.15) is 11.1 Å². The van der Waals surface area contributed by atoms with Crippen molar-refractivity contribution >= 4 is 32.3 Å². The summed E-state index contributed by atoms with van der Waals surface area (Å²) in [6, 6.07) is 37.5. The Hall–Kier alpha value is -4.99. The van der Waals surface area contributed by atoms with Gasteiger partial charge in [0.05, 0.1) is 17.2 Å².